The van der Waals surface area contributed by atoms with Crippen molar-refractivity contribution in [2.45, 2.75) is 5.41 Å². The van der Waals surface area contributed by atoms with Crippen molar-refractivity contribution in [3.05, 3.63) is 247 Å². The van der Waals surface area contributed by atoms with E-state index in [1.807, 2.05) is 6.07 Å². The highest BCUT2D eigenvalue weighted by molar-refractivity contribution is 6.19. The number of aromatic nitrogens is 5. The molecule has 0 saturated heterocycles. The zero-order chi connectivity index (χ0) is 45.7. The number of nitrogens with zero attached hydrogens (tertiary/aromatic N) is 5. The Kier molecular flexibility index (Phi) is 7.45. The molecular formula is C64H37N5O. The summed E-state index contributed by atoms with van der Waals surface area (Å²) in [5.41, 5.74) is 18.6. The van der Waals surface area contributed by atoms with Gasteiger partial charge < -0.3 is 4.42 Å². The van der Waals surface area contributed by atoms with Crippen LogP contribution in [0.4, 0.5) is 0 Å². The Labute approximate surface area is 401 Å². The summed E-state index contributed by atoms with van der Waals surface area (Å²) in [5, 5.41) is 6.71. The minimum absolute atomic E-state index is 0.474. The second-order valence-electron chi connectivity index (χ2n) is 18.6. The summed E-state index contributed by atoms with van der Waals surface area (Å²) in [6.45, 7) is 0. The number of benzene rings is 10. The van der Waals surface area contributed by atoms with Gasteiger partial charge in [-0.1, -0.05) is 182 Å². The first kappa shape index (κ1) is 37.7. The van der Waals surface area contributed by atoms with E-state index < -0.39 is 5.41 Å². The zero-order valence-electron chi connectivity index (χ0n) is 37.5. The van der Waals surface area contributed by atoms with Gasteiger partial charge in [-0.3, -0.25) is 9.13 Å². The smallest absolute Gasteiger partial charge is 0.240 e. The SMILES string of the molecule is c1ccc(-c2cccc3oc4cc(-c5nc(-n6c7ccccc7c7ccccc76)nc(-n6c7ccccc7c7c8c(ccc76)C6(c7ccccc7-c7ccccc76)c6ccccc6-8)n5)ccc4c23)cc1. The lowest BCUT2D eigenvalue weighted by Gasteiger charge is -2.30. The number of para-hydroxylation sites is 3. The molecule has 4 aromatic heterocycles. The summed E-state index contributed by atoms with van der Waals surface area (Å²) < 4.78 is 11.1. The molecule has 0 radical (unpaired) electrons. The van der Waals surface area contributed by atoms with E-state index >= 15 is 0 Å². The molecule has 16 rings (SSSR count). The molecule has 10 aromatic carbocycles. The maximum Gasteiger partial charge on any atom is 0.240 e. The van der Waals surface area contributed by atoms with Gasteiger partial charge in [-0.25, -0.2) is 0 Å². The molecule has 0 N–H and O–H groups in total. The second kappa shape index (κ2) is 13.8. The van der Waals surface area contributed by atoms with E-state index in [-0.39, 0.29) is 0 Å². The summed E-state index contributed by atoms with van der Waals surface area (Å²) in [5.74, 6) is 1.61. The zero-order valence-corrected chi connectivity index (χ0v) is 37.5. The molecule has 0 aliphatic heterocycles. The largest absolute Gasteiger partial charge is 0.456 e. The van der Waals surface area contributed by atoms with Crippen LogP contribution in [-0.4, -0.2) is 24.1 Å². The molecule has 6 nitrogen and oxygen atoms in total. The van der Waals surface area contributed by atoms with Crippen molar-refractivity contribution in [3.8, 4) is 56.7 Å². The van der Waals surface area contributed by atoms with Crippen LogP contribution in [0.3, 0.4) is 0 Å². The van der Waals surface area contributed by atoms with Crippen LogP contribution in [-0.2, 0) is 5.41 Å². The number of fused-ring (bicyclic) bond motifs is 20. The van der Waals surface area contributed by atoms with Crippen molar-refractivity contribution >= 4 is 65.6 Å². The van der Waals surface area contributed by atoms with Gasteiger partial charge in [-0.05, 0) is 98.1 Å². The van der Waals surface area contributed by atoms with Crippen LogP contribution >= 0.6 is 0 Å². The molecule has 0 saturated carbocycles. The fourth-order valence-electron chi connectivity index (χ4n) is 12.5. The Morgan fingerprint density at radius 1 is 0.329 bits per heavy atom. The summed E-state index contributed by atoms with van der Waals surface area (Å²) in [6.07, 6.45) is 0. The standard InChI is InChI=1S/C64H37N5O/c1-2-17-38(18-3-1)40-25-16-32-56-58(40)47-34-33-39(37-57(47)70-56)61-65-62(68-52-29-13-7-21-43(52)44-22-8-14-30-53(44)68)67-63(66-61)69-54-31-15-9-24-46(54)60-55(69)36-35-51-59(60)45-23-6-12-28-50(45)64(51)48-26-10-4-19-41(48)42-20-5-11-27-49(42)64/h1-37H. The highest BCUT2D eigenvalue weighted by Gasteiger charge is 2.52. The second-order valence-corrected chi connectivity index (χ2v) is 18.6. The first-order chi connectivity index (χ1) is 34.7. The van der Waals surface area contributed by atoms with E-state index in [1.54, 1.807) is 0 Å². The fraction of sp³-hybridized carbons (Fsp3) is 0.0156. The molecule has 4 heterocycles. The minimum atomic E-state index is -0.474. The third kappa shape index (κ3) is 4.83. The number of hydrogen-bond donors (Lipinski definition) is 0. The van der Waals surface area contributed by atoms with Gasteiger partial charge in [0.05, 0.1) is 27.5 Å². The quantitative estimate of drug-likeness (QED) is 0.177. The van der Waals surface area contributed by atoms with Gasteiger partial charge in [0.15, 0.2) is 5.82 Å². The Morgan fingerprint density at radius 2 is 0.871 bits per heavy atom. The lowest BCUT2D eigenvalue weighted by molar-refractivity contribution is 0.669. The molecule has 6 heteroatoms. The predicted octanol–water partition coefficient (Wildman–Crippen LogP) is 15.6. The molecule has 0 bridgehead atoms. The molecule has 2 aliphatic carbocycles. The Morgan fingerprint density at radius 3 is 1.56 bits per heavy atom. The maximum absolute atomic E-state index is 6.69. The van der Waals surface area contributed by atoms with Gasteiger partial charge in [0, 0.05) is 37.9 Å². The van der Waals surface area contributed by atoms with Crippen LogP contribution in [0.15, 0.2) is 229 Å². The Balaban J connectivity index is 0.986. The van der Waals surface area contributed by atoms with Crippen LogP contribution in [0.25, 0.3) is 122 Å². The molecule has 324 valence electrons. The van der Waals surface area contributed by atoms with Crippen molar-refractivity contribution in [1.82, 2.24) is 24.1 Å². The predicted molar refractivity (Wildman–Crippen MR) is 283 cm³/mol. The van der Waals surface area contributed by atoms with E-state index in [1.165, 1.54) is 49.9 Å². The van der Waals surface area contributed by atoms with Crippen molar-refractivity contribution in [2.75, 3.05) is 0 Å². The third-order valence-corrected chi connectivity index (χ3v) is 15.2. The average molecular weight is 892 g/mol. The van der Waals surface area contributed by atoms with Gasteiger partial charge in [0.1, 0.15) is 11.2 Å². The number of hydrogen-bond acceptors (Lipinski definition) is 4. The van der Waals surface area contributed by atoms with Crippen molar-refractivity contribution < 1.29 is 4.42 Å². The minimum Gasteiger partial charge on any atom is -0.456 e. The van der Waals surface area contributed by atoms with Gasteiger partial charge >= 0.3 is 0 Å². The summed E-state index contributed by atoms with van der Waals surface area (Å²) >= 11 is 0. The molecule has 2 aliphatic rings. The lowest BCUT2D eigenvalue weighted by atomic mass is 9.70. The monoisotopic (exact) mass is 891 g/mol. The lowest BCUT2D eigenvalue weighted by Crippen LogP contribution is -2.25. The first-order valence-electron chi connectivity index (χ1n) is 23.9. The Bertz CT molecular complexity index is 4460. The fourth-order valence-corrected chi connectivity index (χ4v) is 12.5. The maximum atomic E-state index is 6.69. The third-order valence-electron chi connectivity index (χ3n) is 15.2. The van der Waals surface area contributed by atoms with Crippen LogP contribution in [0.5, 0.6) is 0 Å². The normalized spacial score (nSPS) is 13.3. The first-order valence-corrected chi connectivity index (χ1v) is 23.9. The topological polar surface area (TPSA) is 61.7 Å². The van der Waals surface area contributed by atoms with Gasteiger partial charge in [0.2, 0.25) is 11.9 Å². The van der Waals surface area contributed by atoms with Crippen LogP contribution in [0.2, 0.25) is 0 Å². The molecule has 70 heavy (non-hydrogen) atoms. The van der Waals surface area contributed by atoms with E-state index in [0.717, 1.165) is 76.9 Å². The summed E-state index contributed by atoms with van der Waals surface area (Å²) in [6, 6.07) is 80.6. The van der Waals surface area contributed by atoms with Crippen molar-refractivity contribution in [2.24, 2.45) is 0 Å². The molecule has 0 atom stereocenters. The van der Waals surface area contributed by atoms with Gasteiger partial charge in [-0.15, -0.1) is 0 Å². The van der Waals surface area contributed by atoms with Crippen LogP contribution < -0.4 is 0 Å². The van der Waals surface area contributed by atoms with E-state index in [4.69, 9.17) is 19.4 Å². The summed E-state index contributed by atoms with van der Waals surface area (Å²) in [4.78, 5) is 16.4. The summed E-state index contributed by atoms with van der Waals surface area (Å²) in [7, 11) is 0. The van der Waals surface area contributed by atoms with Crippen molar-refractivity contribution in [1.29, 1.82) is 0 Å². The molecule has 14 aromatic rings. The highest BCUT2D eigenvalue weighted by Crippen LogP contribution is 2.64. The molecular weight excluding hydrogens is 855 g/mol. The van der Waals surface area contributed by atoms with Gasteiger partial charge in [-0.2, -0.15) is 15.0 Å². The van der Waals surface area contributed by atoms with E-state index in [9.17, 15) is 0 Å². The highest BCUT2D eigenvalue weighted by atomic mass is 16.3. The number of furan rings is 1. The van der Waals surface area contributed by atoms with Crippen LogP contribution in [0, 0.1) is 0 Å². The average Bonchev–Trinajstić information content (AvgIpc) is 4.21. The molecule has 0 unspecified atom stereocenters. The van der Waals surface area contributed by atoms with Crippen LogP contribution in [0.1, 0.15) is 22.3 Å². The van der Waals surface area contributed by atoms with E-state index in [2.05, 4.69) is 228 Å². The van der Waals surface area contributed by atoms with Crippen molar-refractivity contribution in [3.63, 3.8) is 0 Å². The number of rotatable bonds is 4. The van der Waals surface area contributed by atoms with Gasteiger partial charge in [0.25, 0.3) is 0 Å². The molecule has 0 fully saturated rings. The van der Waals surface area contributed by atoms with E-state index in [0.29, 0.717) is 17.7 Å². The molecule has 1 spiro atoms. The molecule has 0 amide bonds. The Hall–Kier alpha value is -9.39.